The predicted molar refractivity (Wildman–Crippen MR) is 72.7 cm³/mol. The molecule has 0 aliphatic rings. The van der Waals surface area contributed by atoms with Crippen LogP contribution in [0.25, 0.3) is 0 Å². The van der Waals surface area contributed by atoms with Gasteiger partial charge >= 0.3 is 0 Å². The van der Waals surface area contributed by atoms with E-state index >= 15 is 0 Å². The summed E-state index contributed by atoms with van der Waals surface area (Å²) in [4.78, 5) is 0. The topological polar surface area (TPSA) is 73.7 Å². The molecule has 0 spiro atoms. The lowest BCUT2D eigenvalue weighted by atomic mass is 10.1. The van der Waals surface area contributed by atoms with E-state index in [0.29, 0.717) is 0 Å². The summed E-state index contributed by atoms with van der Waals surface area (Å²) in [5.74, 6) is 5.72. The molecule has 98 valence electrons. The Morgan fingerprint density at radius 3 is 2.67 bits per heavy atom. The van der Waals surface area contributed by atoms with Crippen LogP contribution in [0.4, 0.5) is 0 Å². The van der Waals surface area contributed by atoms with Crippen LogP contribution in [0.1, 0.15) is 29.9 Å². The summed E-state index contributed by atoms with van der Waals surface area (Å²) in [6.07, 6.45) is 3.62. The average Bonchev–Trinajstić information content (AvgIpc) is 2.89. The lowest BCUT2D eigenvalue weighted by molar-refractivity contribution is 0.539. The van der Waals surface area contributed by atoms with Crippen molar-refractivity contribution in [2.24, 2.45) is 12.9 Å². The van der Waals surface area contributed by atoms with Crippen LogP contribution in [0.5, 0.6) is 0 Å². The standard InChI is InChI=1S/C11H17BrN6/c1-4-18-11(9(12)6-15-18)10(16-13)8-5-14-17(3)7(8)2/h5-6,10,16H,4,13H2,1-3H3. The maximum absolute atomic E-state index is 5.72. The van der Waals surface area contributed by atoms with E-state index in [9.17, 15) is 0 Å². The van der Waals surface area contributed by atoms with Gasteiger partial charge in [-0.05, 0) is 29.8 Å². The van der Waals surface area contributed by atoms with Gasteiger partial charge in [0.05, 0.1) is 28.6 Å². The largest absolute Gasteiger partial charge is 0.273 e. The van der Waals surface area contributed by atoms with Gasteiger partial charge in [0.25, 0.3) is 0 Å². The van der Waals surface area contributed by atoms with Gasteiger partial charge in [0.15, 0.2) is 0 Å². The monoisotopic (exact) mass is 312 g/mol. The molecule has 0 aromatic carbocycles. The fraction of sp³-hybridized carbons (Fsp3) is 0.455. The van der Waals surface area contributed by atoms with Crippen molar-refractivity contribution in [3.05, 3.63) is 33.8 Å². The Kier molecular flexibility index (Phi) is 3.84. The molecule has 0 radical (unpaired) electrons. The quantitative estimate of drug-likeness (QED) is 0.658. The number of halogens is 1. The third-order valence-corrected chi connectivity index (χ3v) is 3.77. The summed E-state index contributed by atoms with van der Waals surface area (Å²) < 4.78 is 4.69. The Balaban J connectivity index is 2.51. The first-order valence-electron chi connectivity index (χ1n) is 5.76. The van der Waals surface area contributed by atoms with Crippen molar-refractivity contribution in [3.63, 3.8) is 0 Å². The first kappa shape index (κ1) is 13.3. The first-order valence-corrected chi connectivity index (χ1v) is 6.55. The Hall–Kier alpha value is -1.18. The van der Waals surface area contributed by atoms with Gasteiger partial charge in [-0.1, -0.05) is 0 Å². The van der Waals surface area contributed by atoms with E-state index in [1.54, 1.807) is 6.20 Å². The molecule has 7 heteroatoms. The van der Waals surface area contributed by atoms with Gasteiger partial charge in [-0.2, -0.15) is 10.2 Å². The first-order chi connectivity index (χ1) is 8.60. The maximum Gasteiger partial charge on any atom is 0.0922 e. The zero-order valence-electron chi connectivity index (χ0n) is 10.7. The van der Waals surface area contributed by atoms with Crippen molar-refractivity contribution in [1.29, 1.82) is 0 Å². The smallest absolute Gasteiger partial charge is 0.0922 e. The second-order valence-corrected chi connectivity index (χ2v) is 4.96. The maximum atomic E-state index is 5.72. The minimum atomic E-state index is -0.129. The van der Waals surface area contributed by atoms with Crippen molar-refractivity contribution in [1.82, 2.24) is 25.0 Å². The number of hydrogen-bond acceptors (Lipinski definition) is 4. The van der Waals surface area contributed by atoms with Crippen molar-refractivity contribution < 1.29 is 0 Å². The van der Waals surface area contributed by atoms with E-state index in [1.807, 2.05) is 36.5 Å². The van der Waals surface area contributed by atoms with Gasteiger partial charge in [0.1, 0.15) is 0 Å². The number of nitrogens with zero attached hydrogens (tertiary/aromatic N) is 4. The average molecular weight is 313 g/mol. The van der Waals surface area contributed by atoms with Gasteiger partial charge in [0, 0.05) is 24.8 Å². The van der Waals surface area contributed by atoms with E-state index in [2.05, 4.69) is 31.6 Å². The number of rotatable bonds is 4. The minimum Gasteiger partial charge on any atom is -0.273 e. The lowest BCUT2D eigenvalue weighted by Gasteiger charge is -2.18. The molecule has 0 saturated carbocycles. The normalized spacial score (nSPS) is 12.9. The molecular weight excluding hydrogens is 296 g/mol. The molecule has 1 atom stereocenters. The number of aryl methyl sites for hydroxylation is 2. The predicted octanol–water partition coefficient (Wildman–Crippen LogP) is 1.26. The Labute approximate surface area is 114 Å². The van der Waals surface area contributed by atoms with Crippen LogP contribution in [0.15, 0.2) is 16.9 Å². The fourth-order valence-corrected chi connectivity index (χ4v) is 2.55. The number of aromatic nitrogens is 4. The Morgan fingerprint density at radius 2 is 2.17 bits per heavy atom. The van der Waals surface area contributed by atoms with E-state index in [1.165, 1.54) is 0 Å². The van der Waals surface area contributed by atoms with Crippen LogP contribution < -0.4 is 11.3 Å². The van der Waals surface area contributed by atoms with Crippen molar-refractivity contribution in [2.45, 2.75) is 26.4 Å². The highest BCUT2D eigenvalue weighted by molar-refractivity contribution is 9.10. The molecule has 2 rings (SSSR count). The SMILES string of the molecule is CCn1ncc(Br)c1C(NN)c1cnn(C)c1C. The number of nitrogens with two attached hydrogens (primary N) is 1. The zero-order valence-corrected chi connectivity index (χ0v) is 12.3. The minimum absolute atomic E-state index is 0.129. The Bertz CT molecular complexity index is 544. The van der Waals surface area contributed by atoms with E-state index in [4.69, 9.17) is 5.84 Å². The molecule has 18 heavy (non-hydrogen) atoms. The number of hydrogen-bond donors (Lipinski definition) is 2. The molecular formula is C11H17BrN6. The Morgan fingerprint density at radius 1 is 1.44 bits per heavy atom. The van der Waals surface area contributed by atoms with Crippen LogP contribution in [-0.2, 0) is 13.6 Å². The molecule has 0 bridgehead atoms. The third-order valence-electron chi connectivity index (χ3n) is 3.16. The highest BCUT2D eigenvalue weighted by Crippen LogP contribution is 2.29. The highest BCUT2D eigenvalue weighted by atomic mass is 79.9. The molecule has 0 fully saturated rings. The lowest BCUT2D eigenvalue weighted by Crippen LogP contribution is -2.31. The number of hydrazine groups is 1. The van der Waals surface area contributed by atoms with Crippen LogP contribution in [0.3, 0.4) is 0 Å². The van der Waals surface area contributed by atoms with Gasteiger partial charge in [-0.3, -0.25) is 15.2 Å². The van der Waals surface area contributed by atoms with Gasteiger partial charge in [0.2, 0.25) is 0 Å². The molecule has 2 aromatic heterocycles. The van der Waals surface area contributed by atoms with Crippen LogP contribution >= 0.6 is 15.9 Å². The molecule has 0 aliphatic carbocycles. The second-order valence-electron chi connectivity index (χ2n) is 4.10. The summed E-state index contributed by atoms with van der Waals surface area (Å²) in [5.41, 5.74) is 5.99. The molecule has 0 amide bonds. The van der Waals surface area contributed by atoms with E-state index in [-0.39, 0.29) is 6.04 Å². The molecule has 1 unspecified atom stereocenters. The third kappa shape index (κ3) is 2.09. The van der Waals surface area contributed by atoms with Crippen LogP contribution in [0, 0.1) is 6.92 Å². The molecule has 0 aliphatic heterocycles. The summed E-state index contributed by atoms with van der Waals surface area (Å²) in [7, 11) is 1.92. The summed E-state index contributed by atoms with van der Waals surface area (Å²) in [6.45, 7) is 4.86. The molecule has 3 N–H and O–H groups in total. The second kappa shape index (κ2) is 5.21. The molecule has 2 heterocycles. The van der Waals surface area contributed by atoms with Crippen LogP contribution in [-0.4, -0.2) is 19.6 Å². The molecule has 0 saturated heterocycles. The zero-order chi connectivity index (χ0) is 13.3. The van der Waals surface area contributed by atoms with Crippen molar-refractivity contribution in [2.75, 3.05) is 0 Å². The number of nitrogens with one attached hydrogen (secondary N) is 1. The fourth-order valence-electron chi connectivity index (χ4n) is 2.03. The van der Waals surface area contributed by atoms with Gasteiger partial charge in [-0.25, -0.2) is 5.43 Å². The van der Waals surface area contributed by atoms with Gasteiger partial charge in [-0.15, -0.1) is 0 Å². The van der Waals surface area contributed by atoms with Crippen LogP contribution in [0.2, 0.25) is 0 Å². The summed E-state index contributed by atoms with van der Waals surface area (Å²) in [5, 5.41) is 8.57. The molecule has 2 aromatic rings. The van der Waals surface area contributed by atoms with Gasteiger partial charge < -0.3 is 0 Å². The summed E-state index contributed by atoms with van der Waals surface area (Å²) >= 11 is 3.52. The highest BCUT2D eigenvalue weighted by Gasteiger charge is 2.23. The van der Waals surface area contributed by atoms with E-state index in [0.717, 1.165) is 28.0 Å². The molecule has 6 nitrogen and oxygen atoms in total. The summed E-state index contributed by atoms with van der Waals surface area (Å²) in [6, 6.07) is -0.129. The van der Waals surface area contributed by atoms with E-state index < -0.39 is 0 Å². The van der Waals surface area contributed by atoms with Crippen molar-refractivity contribution >= 4 is 15.9 Å². The van der Waals surface area contributed by atoms with Crippen molar-refractivity contribution in [3.8, 4) is 0 Å².